The Bertz CT molecular complexity index is 746. The summed E-state index contributed by atoms with van der Waals surface area (Å²) in [4.78, 5) is 23.8. The van der Waals surface area contributed by atoms with Gasteiger partial charge in [0, 0.05) is 30.9 Å². The summed E-state index contributed by atoms with van der Waals surface area (Å²) in [6.45, 7) is 3.18. The topological polar surface area (TPSA) is 72.1 Å². The number of nitrogens with zero attached hydrogens (tertiary/aromatic N) is 3. The molecule has 1 aliphatic heterocycles. The molecule has 2 aromatic rings. The van der Waals surface area contributed by atoms with Crippen LogP contribution in [-0.4, -0.2) is 39.9 Å². The number of amides is 1. The second kappa shape index (κ2) is 5.42. The van der Waals surface area contributed by atoms with E-state index in [1.54, 1.807) is 6.20 Å². The van der Waals surface area contributed by atoms with Crippen molar-refractivity contribution in [3.8, 4) is 11.3 Å². The number of hydrogen-bond acceptors (Lipinski definition) is 4. The van der Waals surface area contributed by atoms with E-state index in [-0.39, 0.29) is 11.9 Å². The predicted molar refractivity (Wildman–Crippen MR) is 87.7 cm³/mol. The lowest BCUT2D eigenvalue weighted by Gasteiger charge is -2.27. The maximum Gasteiger partial charge on any atom is 0.257 e. The van der Waals surface area contributed by atoms with E-state index in [1.165, 1.54) is 6.42 Å². The molecule has 0 spiro atoms. The van der Waals surface area contributed by atoms with Crippen LogP contribution >= 0.6 is 0 Å². The van der Waals surface area contributed by atoms with Crippen molar-refractivity contribution < 1.29 is 4.79 Å². The first-order chi connectivity index (χ1) is 11.2. The van der Waals surface area contributed by atoms with E-state index in [0.29, 0.717) is 35.5 Å². The summed E-state index contributed by atoms with van der Waals surface area (Å²) in [7, 11) is 0. The molecule has 3 atom stereocenters. The first-order valence-electron chi connectivity index (χ1n) is 8.09. The standard InChI is InChI=1S/C18H20N4O/c1-11-20-9-15(17(21-11)12-5-3-2-4-6-12)18(23)22-10-13-7-14(13)16(22)8-19/h2-6,9,13-14,16H,7-8,10,19H2,1H3/t13-,14-,16+/m0/s1. The SMILES string of the molecule is Cc1ncc(C(=O)N2C[C@@H]3C[C@@H]3[C@H]2CN)c(-c2ccccc2)n1. The zero-order chi connectivity index (χ0) is 16.0. The van der Waals surface area contributed by atoms with Gasteiger partial charge >= 0.3 is 0 Å². The Morgan fingerprint density at radius 3 is 2.87 bits per heavy atom. The molecule has 5 heteroatoms. The first-order valence-corrected chi connectivity index (χ1v) is 8.09. The third kappa shape index (κ3) is 2.41. The largest absolute Gasteiger partial charge is 0.334 e. The number of fused-ring (bicyclic) bond motifs is 1. The number of aryl methyl sites for hydroxylation is 1. The number of aromatic nitrogens is 2. The number of piperidine rings is 1. The van der Waals surface area contributed by atoms with Gasteiger partial charge in [-0.05, 0) is 25.2 Å². The van der Waals surface area contributed by atoms with Crippen molar-refractivity contribution >= 4 is 5.91 Å². The normalized spacial score (nSPS) is 25.3. The van der Waals surface area contributed by atoms with Crippen LogP contribution in [0, 0.1) is 18.8 Å². The van der Waals surface area contributed by atoms with Gasteiger partial charge in [0.1, 0.15) is 5.82 Å². The summed E-state index contributed by atoms with van der Waals surface area (Å²) in [5.74, 6) is 1.90. The fourth-order valence-electron chi connectivity index (χ4n) is 3.70. The number of carbonyl (C=O) groups is 1. The second-order valence-electron chi connectivity index (χ2n) is 6.47. The molecule has 2 fully saturated rings. The van der Waals surface area contributed by atoms with Gasteiger partial charge in [-0.1, -0.05) is 30.3 Å². The Kier molecular flexibility index (Phi) is 3.38. The van der Waals surface area contributed by atoms with Crippen molar-refractivity contribution in [2.45, 2.75) is 19.4 Å². The maximum atomic E-state index is 13.1. The minimum Gasteiger partial charge on any atom is -0.334 e. The van der Waals surface area contributed by atoms with E-state index in [4.69, 9.17) is 5.73 Å². The average Bonchev–Trinajstić information content (AvgIpc) is 3.26. The molecule has 0 unspecified atom stereocenters. The van der Waals surface area contributed by atoms with Crippen LogP contribution in [0.25, 0.3) is 11.3 Å². The number of rotatable bonds is 3. The lowest BCUT2D eigenvalue weighted by Crippen LogP contribution is -2.43. The molecule has 1 aliphatic carbocycles. The van der Waals surface area contributed by atoms with Crippen LogP contribution in [0.2, 0.25) is 0 Å². The van der Waals surface area contributed by atoms with Gasteiger partial charge in [0.15, 0.2) is 0 Å². The molecule has 1 saturated carbocycles. The van der Waals surface area contributed by atoms with E-state index in [0.717, 1.165) is 12.1 Å². The van der Waals surface area contributed by atoms with E-state index in [1.807, 2.05) is 42.2 Å². The Balaban J connectivity index is 1.73. The Morgan fingerprint density at radius 2 is 2.13 bits per heavy atom. The molecule has 1 aromatic carbocycles. The molecule has 118 valence electrons. The lowest BCUT2D eigenvalue weighted by atomic mass is 10.1. The summed E-state index contributed by atoms with van der Waals surface area (Å²) in [5.41, 5.74) is 8.12. The number of carbonyl (C=O) groups excluding carboxylic acids is 1. The second-order valence-corrected chi connectivity index (χ2v) is 6.47. The summed E-state index contributed by atoms with van der Waals surface area (Å²) in [5, 5.41) is 0. The first kappa shape index (κ1) is 14.3. The lowest BCUT2D eigenvalue weighted by molar-refractivity contribution is 0.0712. The molecule has 1 amide bonds. The highest BCUT2D eigenvalue weighted by Gasteiger charge is 2.53. The quantitative estimate of drug-likeness (QED) is 0.939. The van der Waals surface area contributed by atoms with Crippen LogP contribution < -0.4 is 5.73 Å². The van der Waals surface area contributed by atoms with Crippen molar-refractivity contribution in [1.29, 1.82) is 0 Å². The number of likely N-dealkylation sites (tertiary alicyclic amines) is 1. The van der Waals surface area contributed by atoms with Gasteiger partial charge in [0.25, 0.3) is 5.91 Å². The molecule has 0 radical (unpaired) electrons. The third-order valence-corrected chi connectivity index (χ3v) is 4.99. The van der Waals surface area contributed by atoms with Crippen LogP contribution in [0.15, 0.2) is 36.5 Å². The zero-order valence-corrected chi connectivity index (χ0v) is 13.1. The van der Waals surface area contributed by atoms with Gasteiger partial charge in [-0.25, -0.2) is 9.97 Å². The molecule has 2 aliphatic rings. The number of nitrogens with two attached hydrogens (primary N) is 1. The number of hydrogen-bond donors (Lipinski definition) is 1. The van der Waals surface area contributed by atoms with E-state index in [2.05, 4.69) is 9.97 Å². The highest BCUT2D eigenvalue weighted by Crippen LogP contribution is 2.49. The highest BCUT2D eigenvalue weighted by molar-refractivity contribution is 6.00. The molecule has 1 saturated heterocycles. The van der Waals surface area contributed by atoms with E-state index < -0.39 is 0 Å². The zero-order valence-electron chi connectivity index (χ0n) is 13.1. The molecule has 5 nitrogen and oxygen atoms in total. The Morgan fingerprint density at radius 1 is 1.35 bits per heavy atom. The fraction of sp³-hybridized carbons (Fsp3) is 0.389. The van der Waals surface area contributed by atoms with Crippen molar-refractivity contribution in [3.63, 3.8) is 0 Å². The van der Waals surface area contributed by atoms with Crippen LogP contribution in [0.5, 0.6) is 0 Å². The molecule has 2 heterocycles. The van der Waals surface area contributed by atoms with Crippen LogP contribution in [0.1, 0.15) is 22.6 Å². The van der Waals surface area contributed by atoms with Gasteiger partial charge in [0.2, 0.25) is 0 Å². The molecule has 4 rings (SSSR count). The molecule has 1 aromatic heterocycles. The summed E-state index contributed by atoms with van der Waals surface area (Å²) in [6, 6.07) is 9.97. The summed E-state index contributed by atoms with van der Waals surface area (Å²) >= 11 is 0. The number of benzene rings is 1. The van der Waals surface area contributed by atoms with Gasteiger partial charge in [-0.3, -0.25) is 4.79 Å². The summed E-state index contributed by atoms with van der Waals surface area (Å²) < 4.78 is 0. The monoisotopic (exact) mass is 308 g/mol. The van der Waals surface area contributed by atoms with E-state index >= 15 is 0 Å². The average molecular weight is 308 g/mol. The minimum absolute atomic E-state index is 0.00602. The van der Waals surface area contributed by atoms with Crippen molar-refractivity contribution in [1.82, 2.24) is 14.9 Å². The van der Waals surface area contributed by atoms with Crippen molar-refractivity contribution in [2.75, 3.05) is 13.1 Å². The highest BCUT2D eigenvalue weighted by atomic mass is 16.2. The van der Waals surface area contributed by atoms with Crippen LogP contribution in [0.4, 0.5) is 0 Å². The van der Waals surface area contributed by atoms with Gasteiger partial charge in [-0.2, -0.15) is 0 Å². The van der Waals surface area contributed by atoms with E-state index in [9.17, 15) is 4.79 Å². The predicted octanol–water partition coefficient (Wildman–Crippen LogP) is 1.87. The summed E-state index contributed by atoms with van der Waals surface area (Å²) in [6.07, 6.45) is 2.87. The van der Waals surface area contributed by atoms with Crippen LogP contribution in [0.3, 0.4) is 0 Å². The molecular formula is C18H20N4O. The van der Waals surface area contributed by atoms with Gasteiger partial charge < -0.3 is 10.6 Å². The third-order valence-electron chi connectivity index (χ3n) is 4.99. The molecule has 0 bridgehead atoms. The van der Waals surface area contributed by atoms with Crippen molar-refractivity contribution in [2.24, 2.45) is 17.6 Å². The fourth-order valence-corrected chi connectivity index (χ4v) is 3.70. The van der Waals surface area contributed by atoms with Gasteiger partial charge in [0.05, 0.1) is 11.3 Å². The smallest absolute Gasteiger partial charge is 0.257 e. The maximum absolute atomic E-state index is 13.1. The Hall–Kier alpha value is -2.27. The molecular weight excluding hydrogens is 288 g/mol. The van der Waals surface area contributed by atoms with Crippen molar-refractivity contribution in [3.05, 3.63) is 47.9 Å². The van der Waals surface area contributed by atoms with Crippen LogP contribution in [-0.2, 0) is 0 Å². The minimum atomic E-state index is 0.00602. The Labute approximate surface area is 135 Å². The molecule has 23 heavy (non-hydrogen) atoms. The van der Waals surface area contributed by atoms with Gasteiger partial charge in [-0.15, -0.1) is 0 Å². The molecule has 2 N–H and O–H groups in total.